The number of hydrogen-bond donors (Lipinski definition) is 0. The topological polar surface area (TPSA) is 40.1 Å². The summed E-state index contributed by atoms with van der Waals surface area (Å²) in [5.74, 6) is 0.814. The standard InChI is InChI=1S/C10H14O2.Na/c1-10(2)7-3-6(5-11)9(12)8(10)4-7;/h5,7-8,11H,3-4H2,1-2H3;/q;+1/p-1/b6-5-;. The molecule has 13 heavy (non-hydrogen) atoms. The molecule has 0 N–H and O–H groups in total. The largest absolute Gasteiger partial charge is 1.00 e. The number of ketones is 1. The Morgan fingerprint density at radius 1 is 1.54 bits per heavy atom. The van der Waals surface area contributed by atoms with Gasteiger partial charge in [0.25, 0.3) is 0 Å². The minimum atomic E-state index is 0. The second-order valence-electron chi connectivity index (χ2n) is 4.52. The van der Waals surface area contributed by atoms with Crippen LogP contribution in [0.3, 0.4) is 0 Å². The van der Waals surface area contributed by atoms with E-state index in [9.17, 15) is 9.90 Å². The zero-order valence-corrected chi connectivity index (χ0v) is 10.5. The van der Waals surface area contributed by atoms with Gasteiger partial charge in [-0.3, -0.25) is 4.79 Å². The maximum Gasteiger partial charge on any atom is 1.00 e. The molecular weight excluding hydrogens is 175 g/mol. The van der Waals surface area contributed by atoms with Gasteiger partial charge in [0.15, 0.2) is 5.78 Å². The SMILES string of the molecule is CC1(C)C2C/C(=C/[O-])C(=O)C1C2.[Na+]. The first-order valence-corrected chi connectivity index (χ1v) is 4.42. The van der Waals surface area contributed by atoms with E-state index in [1.165, 1.54) is 0 Å². The zero-order valence-electron chi connectivity index (χ0n) is 8.46. The normalized spacial score (nSPS) is 38.0. The van der Waals surface area contributed by atoms with Gasteiger partial charge < -0.3 is 5.11 Å². The Kier molecular flexibility index (Phi) is 2.96. The molecule has 0 heterocycles. The molecule has 3 aliphatic carbocycles. The Balaban J connectivity index is 0.000000845. The Labute approximate surface area is 101 Å². The van der Waals surface area contributed by atoms with Gasteiger partial charge in [0.05, 0.1) is 0 Å². The molecule has 3 fully saturated rings. The van der Waals surface area contributed by atoms with E-state index in [0.29, 0.717) is 17.9 Å². The summed E-state index contributed by atoms with van der Waals surface area (Å²) >= 11 is 0. The molecule has 0 aromatic carbocycles. The Morgan fingerprint density at radius 2 is 2.15 bits per heavy atom. The Hall–Kier alpha value is 0.210. The van der Waals surface area contributed by atoms with Crippen molar-refractivity contribution in [3.63, 3.8) is 0 Å². The van der Waals surface area contributed by atoms with Gasteiger partial charge in [0.1, 0.15) is 0 Å². The van der Waals surface area contributed by atoms with E-state index >= 15 is 0 Å². The van der Waals surface area contributed by atoms with Crippen LogP contribution in [-0.4, -0.2) is 5.78 Å². The van der Waals surface area contributed by atoms with Gasteiger partial charge in [-0.05, 0) is 29.7 Å². The Morgan fingerprint density at radius 3 is 2.54 bits per heavy atom. The van der Waals surface area contributed by atoms with Crippen molar-refractivity contribution < 1.29 is 39.5 Å². The predicted molar refractivity (Wildman–Crippen MR) is 43.1 cm³/mol. The summed E-state index contributed by atoms with van der Waals surface area (Å²) in [4.78, 5) is 11.5. The van der Waals surface area contributed by atoms with Crippen LogP contribution in [0.15, 0.2) is 11.8 Å². The second-order valence-corrected chi connectivity index (χ2v) is 4.52. The summed E-state index contributed by atoms with van der Waals surface area (Å²) in [5.41, 5.74) is 0.680. The van der Waals surface area contributed by atoms with E-state index in [0.717, 1.165) is 12.7 Å². The molecule has 3 heteroatoms. The van der Waals surface area contributed by atoms with Gasteiger partial charge in [-0.25, -0.2) is 0 Å². The number of allylic oxidation sites excluding steroid dienone is 1. The van der Waals surface area contributed by atoms with Gasteiger partial charge in [0, 0.05) is 5.92 Å². The molecule has 3 rings (SSSR count). The number of Topliss-reactive ketones (excluding diaryl/α,β-unsaturated/α-hetero) is 1. The first-order chi connectivity index (χ1) is 5.57. The summed E-state index contributed by atoms with van der Waals surface area (Å²) < 4.78 is 0. The molecular formula is C10H13NaO2. The number of carbonyl (C=O) groups is 1. The fourth-order valence-electron chi connectivity index (χ4n) is 2.50. The van der Waals surface area contributed by atoms with Crippen LogP contribution < -0.4 is 34.7 Å². The third-order valence-electron chi connectivity index (χ3n) is 3.71. The molecule has 2 bridgehead atoms. The maximum absolute atomic E-state index is 11.5. The molecule has 3 saturated carbocycles. The number of fused-ring (bicyclic) bond motifs is 2. The quantitative estimate of drug-likeness (QED) is 0.247. The molecule has 0 aromatic rings. The minimum Gasteiger partial charge on any atom is -0.878 e. The van der Waals surface area contributed by atoms with Gasteiger partial charge in [-0.15, -0.1) is 6.26 Å². The minimum absolute atomic E-state index is 0. The summed E-state index contributed by atoms with van der Waals surface area (Å²) in [6.45, 7) is 4.26. The van der Waals surface area contributed by atoms with Crippen LogP contribution in [0.4, 0.5) is 0 Å². The van der Waals surface area contributed by atoms with Crippen LogP contribution in [0, 0.1) is 17.3 Å². The van der Waals surface area contributed by atoms with E-state index in [4.69, 9.17) is 0 Å². The fraction of sp³-hybridized carbons (Fsp3) is 0.700. The van der Waals surface area contributed by atoms with Crippen LogP contribution in [0.1, 0.15) is 26.7 Å². The molecule has 0 spiro atoms. The summed E-state index contributed by atoms with van der Waals surface area (Å²) in [6.07, 6.45) is 2.46. The Bertz CT molecular complexity index is 268. The second kappa shape index (κ2) is 3.41. The van der Waals surface area contributed by atoms with Crippen molar-refractivity contribution in [2.24, 2.45) is 17.3 Å². The van der Waals surface area contributed by atoms with Crippen molar-refractivity contribution in [3.8, 4) is 0 Å². The summed E-state index contributed by atoms with van der Waals surface area (Å²) in [5, 5.41) is 10.5. The van der Waals surface area contributed by atoms with Crippen molar-refractivity contribution in [2.75, 3.05) is 0 Å². The average molecular weight is 188 g/mol. The summed E-state index contributed by atoms with van der Waals surface area (Å²) in [7, 11) is 0. The first-order valence-electron chi connectivity index (χ1n) is 4.42. The first kappa shape index (κ1) is 11.3. The van der Waals surface area contributed by atoms with Crippen LogP contribution in [-0.2, 0) is 4.79 Å². The molecule has 2 unspecified atom stereocenters. The third-order valence-corrected chi connectivity index (χ3v) is 3.71. The van der Waals surface area contributed by atoms with Crippen molar-refractivity contribution >= 4 is 5.78 Å². The number of carbonyl (C=O) groups excluding carboxylic acids is 1. The van der Waals surface area contributed by atoms with Gasteiger partial charge in [-0.1, -0.05) is 13.8 Å². The maximum atomic E-state index is 11.5. The molecule has 0 radical (unpaired) electrons. The van der Waals surface area contributed by atoms with Crippen molar-refractivity contribution in [1.82, 2.24) is 0 Å². The molecule has 0 saturated heterocycles. The van der Waals surface area contributed by atoms with E-state index < -0.39 is 0 Å². The molecule has 2 nitrogen and oxygen atoms in total. The van der Waals surface area contributed by atoms with Crippen molar-refractivity contribution in [1.29, 1.82) is 0 Å². The van der Waals surface area contributed by atoms with E-state index in [1.807, 2.05) is 0 Å². The van der Waals surface area contributed by atoms with E-state index in [-0.39, 0.29) is 46.7 Å². The number of hydrogen-bond acceptors (Lipinski definition) is 2. The molecule has 66 valence electrons. The van der Waals surface area contributed by atoms with Crippen LogP contribution >= 0.6 is 0 Å². The molecule has 0 aliphatic heterocycles. The molecule has 0 aromatic heterocycles. The average Bonchev–Trinajstić information content (AvgIpc) is 2.03. The third kappa shape index (κ3) is 1.39. The van der Waals surface area contributed by atoms with Crippen LogP contribution in [0.2, 0.25) is 0 Å². The molecule has 0 amide bonds. The summed E-state index contributed by atoms with van der Waals surface area (Å²) in [6, 6.07) is 0. The van der Waals surface area contributed by atoms with Gasteiger partial charge >= 0.3 is 29.6 Å². The predicted octanol–water partition coefficient (Wildman–Crippen LogP) is -2.13. The monoisotopic (exact) mass is 188 g/mol. The van der Waals surface area contributed by atoms with Crippen molar-refractivity contribution in [3.05, 3.63) is 11.8 Å². The van der Waals surface area contributed by atoms with Crippen LogP contribution in [0.5, 0.6) is 0 Å². The van der Waals surface area contributed by atoms with Crippen molar-refractivity contribution in [2.45, 2.75) is 26.7 Å². The smallest absolute Gasteiger partial charge is 0.878 e. The fourth-order valence-corrected chi connectivity index (χ4v) is 2.50. The van der Waals surface area contributed by atoms with Gasteiger partial charge in [0.2, 0.25) is 0 Å². The number of rotatable bonds is 0. The van der Waals surface area contributed by atoms with Gasteiger partial charge in [-0.2, -0.15) is 0 Å². The van der Waals surface area contributed by atoms with E-state index in [1.54, 1.807) is 0 Å². The molecule has 3 aliphatic rings. The zero-order chi connectivity index (χ0) is 8.93. The molecule has 2 atom stereocenters. The van der Waals surface area contributed by atoms with Crippen LogP contribution in [0.25, 0.3) is 0 Å². The van der Waals surface area contributed by atoms with E-state index in [2.05, 4.69) is 13.8 Å².